The van der Waals surface area contributed by atoms with Gasteiger partial charge >= 0.3 is 0 Å². The van der Waals surface area contributed by atoms with Crippen molar-refractivity contribution in [2.24, 2.45) is 0 Å². The van der Waals surface area contributed by atoms with E-state index in [1.54, 1.807) is 32.2 Å². The minimum Gasteiger partial charge on any atom is -0.389 e. The highest BCUT2D eigenvalue weighted by Gasteiger charge is 2.15. The van der Waals surface area contributed by atoms with E-state index in [1.807, 2.05) is 0 Å². The fourth-order valence-corrected chi connectivity index (χ4v) is 1.13. The summed E-state index contributed by atoms with van der Waals surface area (Å²) in [5, 5.41) is 12.0. The van der Waals surface area contributed by atoms with Crippen molar-refractivity contribution in [1.82, 2.24) is 10.3 Å². The Morgan fingerprint density at radius 2 is 2.27 bits per heavy atom. The van der Waals surface area contributed by atoms with Crippen molar-refractivity contribution < 1.29 is 9.90 Å². The van der Waals surface area contributed by atoms with Crippen molar-refractivity contribution in [2.45, 2.75) is 19.4 Å². The van der Waals surface area contributed by atoms with Gasteiger partial charge in [-0.2, -0.15) is 0 Å². The molecule has 2 N–H and O–H groups in total. The molecule has 0 saturated carbocycles. The predicted molar refractivity (Wildman–Crippen MR) is 60.6 cm³/mol. The molecule has 0 spiro atoms. The molecule has 5 heteroatoms. The van der Waals surface area contributed by atoms with Gasteiger partial charge in [-0.05, 0) is 41.9 Å². The first-order chi connectivity index (χ1) is 6.88. The standard InChI is InChI=1S/C10H13BrN2O2/c1-10(2,15)6-13-9(14)8-4-3-7(11)5-12-8/h3-5,15H,6H2,1-2H3,(H,13,14). The largest absolute Gasteiger partial charge is 0.389 e. The molecule has 0 fully saturated rings. The van der Waals surface area contributed by atoms with Gasteiger partial charge in [-0.15, -0.1) is 0 Å². The van der Waals surface area contributed by atoms with Crippen LogP contribution in [-0.2, 0) is 0 Å². The minimum atomic E-state index is -0.912. The third-order valence-corrected chi connectivity index (χ3v) is 2.11. The Balaban J connectivity index is 2.58. The van der Waals surface area contributed by atoms with E-state index in [9.17, 15) is 9.90 Å². The summed E-state index contributed by atoms with van der Waals surface area (Å²) >= 11 is 3.23. The summed E-state index contributed by atoms with van der Waals surface area (Å²) in [5.74, 6) is -0.287. The number of pyridine rings is 1. The smallest absolute Gasteiger partial charge is 0.269 e. The Labute approximate surface area is 96.8 Å². The topological polar surface area (TPSA) is 62.2 Å². The van der Waals surface area contributed by atoms with E-state index in [1.165, 1.54) is 0 Å². The number of rotatable bonds is 3. The fourth-order valence-electron chi connectivity index (χ4n) is 0.897. The second-order valence-corrected chi connectivity index (χ2v) is 4.77. The molecular formula is C10H13BrN2O2. The molecular weight excluding hydrogens is 260 g/mol. The number of carbonyl (C=O) groups is 1. The SMILES string of the molecule is CC(C)(O)CNC(=O)c1ccc(Br)cn1. The van der Waals surface area contributed by atoms with Crippen LogP contribution in [0.2, 0.25) is 0 Å². The molecule has 0 unspecified atom stereocenters. The molecule has 0 atom stereocenters. The zero-order valence-corrected chi connectivity index (χ0v) is 10.2. The number of aliphatic hydroxyl groups is 1. The lowest BCUT2D eigenvalue weighted by atomic mass is 10.1. The molecule has 0 aliphatic rings. The molecule has 0 bridgehead atoms. The third-order valence-electron chi connectivity index (χ3n) is 1.64. The van der Waals surface area contributed by atoms with Crippen molar-refractivity contribution in [3.05, 3.63) is 28.5 Å². The van der Waals surface area contributed by atoms with Gasteiger partial charge in [0.05, 0.1) is 5.60 Å². The van der Waals surface area contributed by atoms with Crippen LogP contribution in [0.3, 0.4) is 0 Å². The normalized spacial score (nSPS) is 11.2. The van der Waals surface area contributed by atoms with E-state index in [2.05, 4.69) is 26.2 Å². The number of halogens is 1. The molecule has 0 aromatic carbocycles. The highest BCUT2D eigenvalue weighted by molar-refractivity contribution is 9.10. The molecule has 0 aliphatic heterocycles. The van der Waals surface area contributed by atoms with Gasteiger partial charge in [-0.3, -0.25) is 4.79 Å². The van der Waals surface area contributed by atoms with Crippen molar-refractivity contribution in [2.75, 3.05) is 6.54 Å². The summed E-state index contributed by atoms with van der Waals surface area (Å²) in [6, 6.07) is 3.36. The van der Waals surface area contributed by atoms with Gasteiger partial charge in [0.15, 0.2) is 0 Å². The van der Waals surface area contributed by atoms with Crippen LogP contribution in [0.1, 0.15) is 24.3 Å². The summed E-state index contributed by atoms with van der Waals surface area (Å²) in [6.07, 6.45) is 1.55. The van der Waals surface area contributed by atoms with E-state index in [4.69, 9.17) is 0 Å². The van der Waals surface area contributed by atoms with Crippen molar-refractivity contribution in [3.8, 4) is 0 Å². The van der Waals surface area contributed by atoms with E-state index in [0.29, 0.717) is 5.69 Å². The second kappa shape index (κ2) is 4.72. The molecule has 1 amide bonds. The molecule has 1 heterocycles. The number of nitrogens with zero attached hydrogens (tertiary/aromatic N) is 1. The summed E-state index contributed by atoms with van der Waals surface area (Å²) < 4.78 is 0.821. The molecule has 1 rings (SSSR count). The van der Waals surface area contributed by atoms with Gasteiger partial charge < -0.3 is 10.4 Å². The second-order valence-electron chi connectivity index (χ2n) is 3.86. The van der Waals surface area contributed by atoms with Gasteiger partial charge in [0.2, 0.25) is 0 Å². The quantitative estimate of drug-likeness (QED) is 0.873. The Hall–Kier alpha value is -0.940. The summed E-state index contributed by atoms with van der Waals surface area (Å²) in [5.41, 5.74) is -0.576. The average Bonchev–Trinajstić information content (AvgIpc) is 2.14. The van der Waals surface area contributed by atoms with Gasteiger partial charge in [0.1, 0.15) is 5.69 Å². The van der Waals surface area contributed by atoms with Gasteiger partial charge in [-0.25, -0.2) is 4.98 Å². The first kappa shape index (κ1) is 12.1. The van der Waals surface area contributed by atoms with Crippen LogP contribution in [-0.4, -0.2) is 28.1 Å². The number of hydrogen-bond donors (Lipinski definition) is 2. The lowest BCUT2D eigenvalue weighted by Gasteiger charge is -2.17. The maximum absolute atomic E-state index is 11.5. The summed E-state index contributed by atoms with van der Waals surface area (Å²) in [7, 11) is 0. The van der Waals surface area contributed by atoms with Crippen LogP contribution in [0.25, 0.3) is 0 Å². The zero-order chi connectivity index (χ0) is 11.5. The Morgan fingerprint density at radius 1 is 1.60 bits per heavy atom. The molecule has 82 valence electrons. The predicted octanol–water partition coefficient (Wildman–Crippen LogP) is 1.34. The van der Waals surface area contributed by atoms with Crippen LogP contribution in [0.15, 0.2) is 22.8 Å². The summed E-state index contributed by atoms with van der Waals surface area (Å²) in [4.78, 5) is 15.4. The van der Waals surface area contributed by atoms with Crippen molar-refractivity contribution in [3.63, 3.8) is 0 Å². The number of carbonyl (C=O) groups excluding carboxylic acids is 1. The van der Waals surface area contributed by atoms with E-state index >= 15 is 0 Å². The maximum Gasteiger partial charge on any atom is 0.269 e. The zero-order valence-electron chi connectivity index (χ0n) is 8.62. The Bertz CT molecular complexity index is 343. The lowest BCUT2D eigenvalue weighted by Crippen LogP contribution is -2.38. The molecule has 4 nitrogen and oxygen atoms in total. The highest BCUT2D eigenvalue weighted by atomic mass is 79.9. The van der Waals surface area contributed by atoms with E-state index in [0.717, 1.165) is 4.47 Å². The number of hydrogen-bond acceptors (Lipinski definition) is 3. The monoisotopic (exact) mass is 272 g/mol. The Morgan fingerprint density at radius 3 is 2.73 bits per heavy atom. The molecule has 0 radical (unpaired) electrons. The van der Waals surface area contributed by atoms with E-state index in [-0.39, 0.29) is 12.5 Å². The van der Waals surface area contributed by atoms with Crippen LogP contribution in [0.5, 0.6) is 0 Å². The lowest BCUT2D eigenvalue weighted by molar-refractivity contribution is 0.0692. The van der Waals surface area contributed by atoms with Gasteiger partial charge in [-0.1, -0.05) is 0 Å². The van der Waals surface area contributed by atoms with Crippen LogP contribution in [0.4, 0.5) is 0 Å². The van der Waals surface area contributed by atoms with Gasteiger partial charge in [0, 0.05) is 17.2 Å². The molecule has 1 aromatic heterocycles. The first-order valence-corrected chi connectivity index (χ1v) is 5.30. The molecule has 0 saturated heterocycles. The molecule has 1 aromatic rings. The van der Waals surface area contributed by atoms with Crippen LogP contribution >= 0.6 is 15.9 Å². The number of nitrogens with one attached hydrogen (secondary N) is 1. The van der Waals surface area contributed by atoms with Crippen molar-refractivity contribution in [1.29, 1.82) is 0 Å². The molecule has 0 aliphatic carbocycles. The Kier molecular flexibility index (Phi) is 3.82. The van der Waals surface area contributed by atoms with Gasteiger partial charge in [0.25, 0.3) is 5.91 Å². The summed E-state index contributed by atoms with van der Waals surface area (Å²) in [6.45, 7) is 3.45. The van der Waals surface area contributed by atoms with Crippen molar-refractivity contribution >= 4 is 21.8 Å². The first-order valence-electron chi connectivity index (χ1n) is 4.50. The average molecular weight is 273 g/mol. The number of amides is 1. The fraction of sp³-hybridized carbons (Fsp3) is 0.400. The highest BCUT2D eigenvalue weighted by Crippen LogP contribution is 2.07. The third kappa shape index (κ3) is 4.40. The van der Waals surface area contributed by atoms with E-state index < -0.39 is 5.60 Å². The van der Waals surface area contributed by atoms with Crippen LogP contribution < -0.4 is 5.32 Å². The maximum atomic E-state index is 11.5. The van der Waals surface area contributed by atoms with Crippen LogP contribution in [0, 0.1) is 0 Å². The minimum absolute atomic E-state index is 0.198. The molecule has 15 heavy (non-hydrogen) atoms. The number of aromatic nitrogens is 1.